The summed E-state index contributed by atoms with van der Waals surface area (Å²) in [6, 6.07) is 21.2. The van der Waals surface area contributed by atoms with Crippen LogP contribution in [0.4, 0.5) is 4.79 Å². The van der Waals surface area contributed by atoms with Crippen molar-refractivity contribution in [3.8, 4) is 0 Å². The lowest BCUT2D eigenvalue weighted by molar-refractivity contribution is 0.0497. The van der Waals surface area contributed by atoms with Gasteiger partial charge in [-0.25, -0.2) is 4.79 Å². The monoisotopic (exact) mass is 371 g/mol. The Balaban J connectivity index is 2.22. The van der Waals surface area contributed by atoms with Crippen LogP contribution in [0, 0.1) is 5.92 Å². The largest absolute Gasteiger partial charge is 0.444 e. The van der Waals surface area contributed by atoms with E-state index in [0.717, 1.165) is 6.16 Å². The van der Waals surface area contributed by atoms with Crippen molar-refractivity contribution in [1.82, 2.24) is 5.32 Å². The van der Waals surface area contributed by atoms with Crippen LogP contribution in [0.25, 0.3) is 0 Å². The molecule has 1 amide bonds. The van der Waals surface area contributed by atoms with E-state index in [4.69, 9.17) is 4.74 Å². The molecule has 2 rings (SSSR count). The van der Waals surface area contributed by atoms with Gasteiger partial charge in [0, 0.05) is 6.04 Å². The molecule has 0 aromatic heterocycles. The van der Waals surface area contributed by atoms with Gasteiger partial charge in [0.1, 0.15) is 5.60 Å². The second-order valence-electron chi connectivity index (χ2n) is 7.78. The van der Waals surface area contributed by atoms with E-state index in [0.29, 0.717) is 5.92 Å². The van der Waals surface area contributed by atoms with Crippen molar-refractivity contribution in [2.75, 3.05) is 6.16 Å². The molecular weight excluding hydrogens is 341 g/mol. The van der Waals surface area contributed by atoms with Gasteiger partial charge in [0.25, 0.3) is 0 Å². The summed E-state index contributed by atoms with van der Waals surface area (Å²) in [6.45, 7) is 9.95. The standard InChI is InChI=1S/C22H30NO2P/c1-17(2)20(23-21(24)25-22(3,4)5)16-26(18-12-8-6-9-13-18)19-14-10-7-11-15-19/h6-15,17,20H,16H2,1-5H3,(H,23,24)/t20-/m1/s1. The van der Waals surface area contributed by atoms with E-state index >= 15 is 0 Å². The Kier molecular flexibility index (Phi) is 7.23. The summed E-state index contributed by atoms with van der Waals surface area (Å²) in [5.74, 6) is 0.319. The molecule has 0 radical (unpaired) electrons. The van der Waals surface area contributed by atoms with Crippen LogP contribution in [-0.2, 0) is 4.74 Å². The number of benzene rings is 2. The Hall–Kier alpha value is -1.86. The van der Waals surface area contributed by atoms with E-state index in [1.165, 1.54) is 10.6 Å². The number of carbonyl (C=O) groups excluding carboxylic acids is 1. The van der Waals surface area contributed by atoms with Crippen LogP contribution in [0.1, 0.15) is 34.6 Å². The average Bonchev–Trinajstić information content (AvgIpc) is 2.58. The number of nitrogens with one attached hydrogen (secondary N) is 1. The van der Waals surface area contributed by atoms with E-state index in [1.54, 1.807) is 0 Å². The van der Waals surface area contributed by atoms with E-state index < -0.39 is 13.5 Å². The van der Waals surface area contributed by atoms with Crippen molar-refractivity contribution < 1.29 is 9.53 Å². The Morgan fingerprint density at radius 1 is 0.962 bits per heavy atom. The molecular formula is C22H30NO2P. The molecule has 1 N–H and O–H groups in total. The number of carbonyl (C=O) groups is 1. The first-order valence-corrected chi connectivity index (χ1v) is 10.7. The van der Waals surface area contributed by atoms with E-state index in [1.807, 2.05) is 32.9 Å². The lowest BCUT2D eigenvalue weighted by atomic mass is 10.1. The number of hydrogen-bond acceptors (Lipinski definition) is 2. The Labute approximate surface area is 158 Å². The molecule has 0 unspecified atom stereocenters. The van der Waals surface area contributed by atoms with Crippen molar-refractivity contribution in [3.05, 3.63) is 60.7 Å². The fourth-order valence-corrected chi connectivity index (χ4v) is 5.34. The molecule has 4 heteroatoms. The fourth-order valence-electron chi connectivity index (χ4n) is 2.65. The lowest BCUT2D eigenvalue weighted by Crippen LogP contribution is -2.44. The van der Waals surface area contributed by atoms with Gasteiger partial charge in [-0.2, -0.15) is 0 Å². The van der Waals surface area contributed by atoms with E-state index in [2.05, 4.69) is 67.7 Å². The number of ether oxygens (including phenoxy) is 1. The number of amides is 1. The molecule has 0 aliphatic heterocycles. The van der Waals surface area contributed by atoms with Crippen LogP contribution in [0.15, 0.2) is 60.7 Å². The maximum Gasteiger partial charge on any atom is 0.407 e. The minimum Gasteiger partial charge on any atom is -0.444 e. The molecule has 0 aliphatic rings. The number of hydrogen-bond donors (Lipinski definition) is 1. The third-order valence-corrected chi connectivity index (χ3v) is 6.62. The summed E-state index contributed by atoms with van der Waals surface area (Å²) in [4.78, 5) is 12.3. The summed E-state index contributed by atoms with van der Waals surface area (Å²) >= 11 is 0. The van der Waals surface area contributed by atoms with Gasteiger partial charge in [-0.3, -0.25) is 0 Å². The highest BCUT2D eigenvalue weighted by Gasteiger charge is 2.25. The smallest absolute Gasteiger partial charge is 0.407 e. The topological polar surface area (TPSA) is 38.3 Å². The Morgan fingerprint density at radius 2 is 1.42 bits per heavy atom. The summed E-state index contributed by atoms with van der Waals surface area (Å²) in [5, 5.41) is 5.75. The number of alkyl carbamates (subject to hydrolysis) is 1. The van der Waals surface area contributed by atoms with Gasteiger partial charge in [-0.1, -0.05) is 74.5 Å². The minimum absolute atomic E-state index is 0.0522. The zero-order chi connectivity index (χ0) is 19.2. The second kappa shape index (κ2) is 9.19. The van der Waals surface area contributed by atoms with Crippen molar-refractivity contribution >= 4 is 24.6 Å². The molecule has 140 valence electrons. The third kappa shape index (κ3) is 6.46. The first-order chi connectivity index (χ1) is 12.3. The normalized spacial score (nSPS) is 12.9. The minimum atomic E-state index is -0.557. The van der Waals surface area contributed by atoms with Gasteiger partial charge in [-0.15, -0.1) is 0 Å². The van der Waals surface area contributed by atoms with E-state index in [-0.39, 0.29) is 12.1 Å². The molecule has 0 spiro atoms. The van der Waals surface area contributed by atoms with Gasteiger partial charge in [0.2, 0.25) is 0 Å². The van der Waals surface area contributed by atoms with Crippen molar-refractivity contribution in [2.45, 2.75) is 46.3 Å². The first kappa shape index (κ1) is 20.5. The van der Waals surface area contributed by atoms with Crippen LogP contribution in [0.2, 0.25) is 0 Å². The Bertz CT molecular complexity index is 641. The molecule has 0 heterocycles. The molecule has 26 heavy (non-hydrogen) atoms. The summed E-state index contributed by atoms with van der Waals surface area (Å²) in [6.07, 6.45) is 0.549. The van der Waals surface area contributed by atoms with Crippen LogP contribution in [0.5, 0.6) is 0 Å². The SMILES string of the molecule is CC(C)[C@@H](CP(c1ccccc1)c1ccccc1)NC(=O)OC(C)(C)C. The molecule has 0 bridgehead atoms. The predicted octanol–water partition coefficient (Wildman–Crippen LogP) is 4.67. The maximum absolute atomic E-state index is 12.3. The molecule has 2 aromatic carbocycles. The molecule has 0 fully saturated rings. The van der Waals surface area contributed by atoms with Crippen LogP contribution >= 0.6 is 7.92 Å². The summed E-state index contributed by atoms with van der Waals surface area (Å²) < 4.78 is 5.47. The van der Waals surface area contributed by atoms with E-state index in [9.17, 15) is 4.79 Å². The van der Waals surface area contributed by atoms with Crippen LogP contribution in [-0.4, -0.2) is 23.9 Å². The van der Waals surface area contributed by atoms with Crippen molar-refractivity contribution in [3.63, 3.8) is 0 Å². The van der Waals surface area contributed by atoms with Gasteiger partial charge in [0.05, 0.1) is 0 Å². The Morgan fingerprint density at radius 3 is 1.81 bits per heavy atom. The highest BCUT2D eigenvalue weighted by atomic mass is 31.1. The molecule has 2 aromatic rings. The van der Waals surface area contributed by atoms with Crippen molar-refractivity contribution in [1.29, 1.82) is 0 Å². The fraction of sp³-hybridized carbons (Fsp3) is 0.409. The first-order valence-electron chi connectivity index (χ1n) is 9.13. The summed E-state index contributed by atoms with van der Waals surface area (Å²) in [7, 11) is -0.557. The molecule has 1 atom stereocenters. The van der Waals surface area contributed by atoms with Crippen molar-refractivity contribution in [2.24, 2.45) is 5.92 Å². The average molecular weight is 371 g/mol. The zero-order valence-corrected chi connectivity index (χ0v) is 17.3. The highest BCUT2D eigenvalue weighted by Crippen LogP contribution is 2.35. The molecule has 0 saturated heterocycles. The maximum atomic E-state index is 12.3. The zero-order valence-electron chi connectivity index (χ0n) is 16.4. The molecule has 3 nitrogen and oxygen atoms in total. The highest BCUT2D eigenvalue weighted by molar-refractivity contribution is 7.73. The van der Waals surface area contributed by atoms with Gasteiger partial charge >= 0.3 is 6.09 Å². The molecule has 0 aliphatic carbocycles. The molecule has 0 saturated carbocycles. The van der Waals surface area contributed by atoms with Crippen LogP contribution < -0.4 is 15.9 Å². The summed E-state index contributed by atoms with van der Waals surface area (Å²) in [5.41, 5.74) is -0.491. The van der Waals surface area contributed by atoms with Crippen LogP contribution in [0.3, 0.4) is 0 Å². The van der Waals surface area contributed by atoms with Gasteiger partial charge in [0.15, 0.2) is 0 Å². The predicted molar refractivity (Wildman–Crippen MR) is 112 cm³/mol. The third-order valence-electron chi connectivity index (χ3n) is 4.02. The number of rotatable bonds is 6. The van der Waals surface area contributed by atoms with Gasteiger partial charge in [-0.05, 0) is 51.4 Å². The quantitative estimate of drug-likeness (QED) is 0.750. The van der Waals surface area contributed by atoms with Gasteiger partial charge < -0.3 is 10.1 Å². The second-order valence-corrected chi connectivity index (χ2v) is 10.0. The lowest BCUT2D eigenvalue weighted by Gasteiger charge is -2.29.